The highest BCUT2D eigenvalue weighted by atomic mass is 19.3. The first kappa shape index (κ1) is 9.91. The molecule has 0 amide bonds. The molecule has 1 aliphatic carbocycles. The molecule has 1 aliphatic rings. The quantitative estimate of drug-likeness (QED) is 0.811. The SMILES string of the molecule is N#Cc1ccc(NC2CC(F)(F)C2)cc1. The van der Waals surface area contributed by atoms with Crippen molar-refractivity contribution in [3.63, 3.8) is 0 Å². The number of benzene rings is 1. The van der Waals surface area contributed by atoms with Gasteiger partial charge in [0.1, 0.15) is 0 Å². The Morgan fingerprint density at radius 2 is 1.87 bits per heavy atom. The maximum atomic E-state index is 12.5. The van der Waals surface area contributed by atoms with E-state index in [0.717, 1.165) is 5.69 Å². The zero-order valence-electron chi connectivity index (χ0n) is 8.00. The van der Waals surface area contributed by atoms with Crippen LogP contribution in [0.4, 0.5) is 14.5 Å². The van der Waals surface area contributed by atoms with Gasteiger partial charge in [-0.05, 0) is 24.3 Å². The van der Waals surface area contributed by atoms with Crippen LogP contribution in [-0.4, -0.2) is 12.0 Å². The number of rotatable bonds is 2. The van der Waals surface area contributed by atoms with E-state index in [0.29, 0.717) is 5.56 Å². The van der Waals surface area contributed by atoms with Gasteiger partial charge in [0.15, 0.2) is 0 Å². The third kappa shape index (κ3) is 2.24. The van der Waals surface area contributed by atoms with Crippen LogP contribution >= 0.6 is 0 Å². The fourth-order valence-electron chi connectivity index (χ4n) is 1.64. The average Bonchev–Trinajstić information content (AvgIpc) is 2.16. The fourth-order valence-corrected chi connectivity index (χ4v) is 1.64. The van der Waals surface area contributed by atoms with E-state index in [1.807, 2.05) is 6.07 Å². The van der Waals surface area contributed by atoms with Gasteiger partial charge < -0.3 is 5.32 Å². The Morgan fingerprint density at radius 3 is 2.33 bits per heavy atom. The van der Waals surface area contributed by atoms with Gasteiger partial charge >= 0.3 is 0 Å². The van der Waals surface area contributed by atoms with E-state index in [9.17, 15) is 8.78 Å². The predicted octanol–water partition coefficient (Wildman–Crippen LogP) is 2.77. The van der Waals surface area contributed by atoms with E-state index in [1.165, 1.54) is 0 Å². The maximum Gasteiger partial charge on any atom is 0.252 e. The lowest BCUT2D eigenvalue weighted by Crippen LogP contribution is -2.44. The normalized spacial score (nSPS) is 19.0. The fraction of sp³-hybridized carbons (Fsp3) is 0.364. The summed E-state index contributed by atoms with van der Waals surface area (Å²) < 4.78 is 25.1. The minimum absolute atomic E-state index is 0.104. The molecule has 0 spiro atoms. The molecule has 1 N–H and O–H groups in total. The molecule has 0 unspecified atom stereocenters. The van der Waals surface area contributed by atoms with Crippen LogP contribution in [0.5, 0.6) is 0 Å². The van der Waals surface area contributed by atoms with E-state index in [2.05, 4.69) is 5.32 Å². The van der Waals surface area contributed by atoms with Gasteiger partial charge in [-0.25, -0.2) is 8.78 Å². The molecule has 1 fully saturated rings. The van der Waals surface area contributed by atoms with Gasteiger partial charge in [-0.1, -0.05) is 0 Å². The van der Waals surface area contributed by atoms with Gasteiger partial charge in [-0.3, -0.25) is 0 Å². The van der Waals surface area contributed by atoms with E-state index in [1.54, 1.807) is 24.3 Å². The Kier molecular flexibility index (Phi) is 2.31. The summed E-state index contributed by atoms with van der Waals surface area (Å²) in [6.07, 6.45) is -0.208. The number of nitrogens with one attached hydrogen (secondary N) is 1. The van der Waals surface area contributed by atoms with Crippen LogP contribution in [0, 0.1) is 11.3 Å². The molecule has 0 atom stereocenters. The van der Waals surface area contributed by atoms with Gasteiger partial charge in [-0.15, -0.1) is 0 Å². The van der Waals surface area contributed by atoms with Crippen molar-refractivity contribution in [2.24, 2.45) is 0 Å². The zero-order valence-corrected chi connectivity index (χ0v) is 8.00. The van der Waals surface area contributed by atoms with Gasteiger partial charge in [0.2, 0.25) is 0 Å². The second kappa shape index (κ2) is 3.50. The first-order chi connectivity index (χ1) is 7.09. The number of hydrogen-bond donors (Lipinski definition) is 1. The van der Waals surface area contributed by atoms with Crippen LogP contribution in [0.25, 0.3) is 0 Å². The highest BCUT2D eigenvalue weighted by Crippen LogP contribution is 2.38. The monoisotopic (exact) mass is 208 g/mol. The van der Waals surface area contributed by atoms with Crippen molar-refractivity contribution in [3.8, 4) is 6.07 Å². The minimum Gasteiger partial charge on any atom is -0.382 e. The first-order valence-electron chi connectivity index (χ1n) is 4.74. The van der Waals surface area contributed by atoms with Crippen molar-refractivity contribution in [3.05, 3.63) is 29.8 Å². The summed E-state index contributed by atoms with van der Waals surface area (Å²) in [5.74, 6) is -2.50. The van der Waals surface area contributed by atoms with E-state index >= 15 is 0 Å². The molecule has 1 aromatic rings. The lowest BCUT2D eigenvalue weighted by molar-refractivity contribution is -0.0793. The Morgan fingerprint density at radius 1 is 1.27 bits per heavy atom. The number of hydrogen-bond acceptors (Lipinski definition) is 2. The van der Waals surface area contributed by atoms with Crippen LogP contribution in [-0.2, 0) is 0 Å². The molecule has 0 saturated heterocycles. The summed E-state index contributed by atoms with van der Waals surface area (Å²) in [6.45, 7) is 0. The molecule has 2 rings (SSSR count). The van der Waals surface area contributed by atoms with Crippen LogP contribution in [0.15, 0.2) is 24.3 Å². The Labute approximate surface area is 86.5 Å². The highest BCUT2D eigenvalue weighted by Gasteiger charge is 2.45. The summed E-state index contributed by atoms with van der Waals surface area (Å²) in [4.78, 5) is 0. The highest BCUT2D eigenvalue weighted by molar-refractivity contribution is 5.48. The van der Waals surface area contributed by atoms with Crippen LogP contribution in [0.1, 0.15) is 18.4 Å². The molecule has 4 heteroatoms. The summed E-state index contributed by atoms with van der Waals surface area (Å²) in [5.41, 5.74) is 1.36. The molecule has 15 heavy (non-hydrogen) atoms. The van der Waals surface area contributed by atoms with Crippen molar-refractivity contribution in [1.82, 2.24) is 0 Å². The van der Waals surface area contributed by atoms with Crippen molar-refractivity contribution >= 4 is 5.69 Å². The van der Waals surface area contributed by atoms with Gasteiger partial charge in [0.05, 0.1) is 11.6 Å². The second-order valence-electron chi connectivity index (χ2n) is 3.79. The molecule has 0 aromatic heterocycles. The molecule has 1 saturated carbocycles. The molecule has 0 bridgehead atoms. The molecular weight excluding hydrogens is 198 g/mol. The smallest absolute Gasteiger partial charge is 0.252 e. The van der Waals surface area contributed by atoms with Crippen molar-refractivity contribution in [1.29, 1.82) is 5.26 Å². The topological polar surface area (TPSA) is 35.8 Å². The molecule has 2 nitrogen and oxygen atoms in total. The summed E-state index contributed by atoms with van der Waals surface area (Å²) in [6, 6.07) is 8.65. The molecular formula is C11H10F2N2. The van der Waals surface area contributed by atoms with E-state index < -0.39 is 5.92 Å². The molecule has 78 valence electrons. The number of nitriles is 1. The molecule has 0 radical (unpaired) electrons. The van der Waals surface area contributed by atoms with Crippen LogP contribution in [0.3, 0.4) is 0 Å². The zero-order chi connectivity index (χ0) is 10.9. The molecule has 1 aromatic carbocycles. The number of alkyl halides is 2. The first-order valence-corrected chi connectivity index (χ1v) is 4.74. The largest absolute Gasteiger partial charge is 0.382 e. The Bertz CT molecular complexity index is 384. The van der Waals surface area contributed by atoms with Crippen LogP contribution in [0.2, 0.25) is 0 Å². The second-order valence-corrected chi connectivity index (χ2v) is 3.79. The Balaban J connectivity index is 1.93. The van der Waals surface area contributed by atoms with E-state index in [-0.39, 0.29) is 18.9 Å². The van der Waals surface area contributed by atoms with Crippen molar-refractivity contribution in [2.75, 3.05) is 5.32 Å². The number of anilines is 1. The molecule has 0 heterocycles. The summed E-state index contributed by atoms with van der Waals surface area (Å²) in [5, 5.41) is 11.6. The number of halogens is 2. The van der Waals surface area contributed by atoms with Crippen molar-refractivity contribution < 1.29 is 8.78 Å². The van der Waals surface area contributed by atoms with Gasteiger partial charge in [0.25, 0.3) is 5.92 Å². The predicted molar refractivity (Wildman–Crippen MR) is 52.7 cm³/mol. The average molecular weight is 208 g/mol. The lowest BCUT2D eigenvalue weighted by atomic mass is 9.88. The van der Waals surface area contributed by atoms with Crippen molar-refractivity contribution in [2.45, 2.75) is 24.8 Å². The standard InChI is InChI=1S/C11H10F2N2/c12-11(13)5-10(6-11)15-9-3-1-8(7-14)2-4-9/h1-4,10,15H,5-6H2. The Hall–Kier alpha value is -1.63. The summed E-state index contributed by atoms with van der Waals surface area (Å²) in [7, 11) is 0. The third-order valence-corrected chi connectivity index (χ3v) is 2.47. The van der Waals surface area contributed by atoms with Gasteiger partial charge in [0, 0.05) is 24.6 Å². The van der Waals surface area contributed by atoms with Gasteiger partial charge in [-0.2, -0.15) is 5.26 Å². The minimum atomic E-state index is -2.50. The number of nitrogens with zero attached hydrogens (tertiary/aromatic N) is 1. The van der Waals surface area contributed by atoms with Crippen LogP contribution < -0.4 is 5.32 Å². The summed E-state index contributed by atoms with van der Waals surface area (Å²) >= 11 is 0. The maximum absolute atomic E-state index is 12.5. The lowest BCUT2D eigenvalue weighted by Gasteiger charge is -2.35. The van der Waals surface area contributed by atoms with E-state index in [4.69, 9.17) is 5.26 Å². The molecule has 0 aliphatic heterocycles. The third-order valence-electron chi connectivity index (χ3n) is 2.47.